The fourth-order valence-electron chi connectivity index (χ4n) is 4.55. The standard InChI is InChI=1S/C26H25FN2O/c1-3-18-4-11-22(12-5-18)29-26(30)17(2)19-6-8-20(9-7-19)23-14-15-28-25-13-10-21(27)16-24(23)25/h1,4-5,10-17,19-20H,6-9H2,2H3,(H,29,30)/t17-,19-,20+/m1/s1. The molecule has 3 aromatic rings. The first-order chi connectivity index (χ1) is 14.5. The molecule has 3 nitrogen and oxygen atoms in total. The first-order valence-electron chi connectivity index (χ1n) is 10.5. The van der Waals surface area contributed by atoms with Crippen LogP contribution in [-0.2, 0) is 4.79 Å². The van der Waals surface area contributed by atoms with Crippen molar-refractivity contribution in [3.8, 4) is 12.3 Å². The summed E-state index contributed by atoms with van der Waals surface area (Å²) in [6.07, 6.45) is 11.1. The fourth-order valence-corrected chi connectivity index (χ4v) is 4.55. The maximum atomic E-state index is 13.8. The lowest BCUT2D eigenvalue weighted by molar-refractivity contribution is -0.121. The van der Waals surface area contributed by atoms with Crippen LogP contribution in [0.25, 0.3) is 10.9 Å². The molecule has 1 heterocycles. The summed E-state index contributed by atoms with van der Waals surface area (Å²) in [5, 5.41) is 3.91. The molecule has 1 aliphatic carbocycles. The molecule has 1 atom stereocenters. The lowest BCUT2D eigenvalue weighted by Crippen LogP contribution is -2.29. The maximum Gasteiger partial charge on any atom is 0.227 e. The normalized spacial score (nSPS) is 19.8. The zero-order chi connectivity index (χ0) is 21.1. The van der Waals surface area contributed by atoms with Gasteiger partial charge in [0.05, 0.1) is 5.52 Å². The molecular formula is C26H25FN2O. The summed E-state index contributed by atoms with van der Waals surface area (Å²) < 4.78 is 13.8. The van der Waals surface area contributed by atoms with E-state index in [0.717, 1.165) is 47.8 Å². The number of nitrogens with zero attached hydrogens (tertiary/aromatic N) is 1. The topological polar surface area (TPSA) is 42.0 Å². The molecule has 0 radical (unpaired) electrons. The number of aromatic nitrogens is 1. The molecule has 4 heteroatoms. The Kier molecular flexibility index (Phi) is 5.81. The van der Waals surface area contributed by atoms with Crippen molar-refractivity contribution >= 4 is 22.5 Å². The number of hydrogen-bond donors (Lipinski definition) is 1. The molecule has 1 fully saturated rings. The molecule has 0 bridgehead atoms. The average Bonchev–Trinajstić information content (AvgIpc) is 2.78. The van der Waals surface area contributed by atoms with Gasteiger partial charge in [-0.05, 0) is 91.6 Å². The quantitative estimate of drug-likeness (QED) is 0.554. The van der Waals surface area contributed by atoms with Crippen LogP contribution in [0.5, 0.6) is 0 Å². The number of terminal acetylenes is 1. The lowest BCUT2D eigenvalue weighted by atomic mass is 9.73. The summed E-state index contributed by atoms with van der Waals surface area (Å²) in [6.45, 7) is 2.01. The number of halogens is 1. The third kappa shape index (κ3) is 4.21. The monoisotopic (exact) mass is 400 g/mol. The Morgan fingerprint density at radius 2 is 1.87 bits per heavy atom. The third-order valence-corrected chi connectivity index (χ3v) is 6.39. The van der Waals surface area contributed by atoms with E-state index in [1.54, 1.807) is 12.1 Å². The van der Waals surface area contributed by atoms with Crippen LogP contribution in [0.4, 0.5) is 10.1 Å². The van der Waals surface area contributed by atoms with Crippen molar-refractivity contribution in [2.24, 2.45) is 11.8 Å². The van der Waals surface area contributed by atoms with Crippen molar-refractivity contribution in [2.45, 2.75) is 38.5 Å². The van der Waals surface area contributed by atoms with E-state index < -0.39 is 0 Å². The highest BCUT2D eigenvalue weighted by molar-refractivity contribution is 5.92. The summed E-state index contributed by atoms with van der Waals surface area (Å²) >= 11 is 0. The predicted octanol–water partition coefficient (Wildman–Crippen LogP) is 5.90. The first-order valence-corrected chi connectivity index (χ1v) is 10.5. The van der Waals surface area contributed by atoms with Crippen LogP contribution < -0.4 is 5.32 Å². The molecule has 0 aliphatic heterocycles. The fraction of sp³-hybridized carbons (Fsp3) is 0.308. The molecule has 152 valence electrons. The number of anilines is 1. The minimum Gasteiger partial charge on any atom is -0.326 e. The Balaban J connectivity index is 1.40. The summed E-state index contributed by atoms with van der Waals surface area (Å²) in [5.74, 6) is 3.04. The molecule has 0 spiro atoms. The van der Waals surface area contributed by atoms with Gasteiger partial charge in [0.15, 0.2) is 0 Å². The van der Waals surface area contributed by atoms with E-state index in [9.17, 15) is 9.18 Å². The van der Waals surface area contributed by atoms with Crippen LogP contribution in [0, 0.1) is 30.0 Å². The number of carbonyl (C=O) groups excluding carboxylic acids is 1. The number of carbonyl (C=O) groups is 1. The Morgan fingerprint density at radius 3 is 2.57 bits per heavy atom. The summed E-state index contributed by atoms with van der Waals surface area (Å²) in [4.78, 5) is 17.1. The Hall–Kier alpha value is -3.19. The zero-order valence-corrected chi connectivity index (χ0v) is 17.1. The minimum absolute atomic E-state index is 0.0448. The number of fused-ring (bicyclic) bond motifs is 1. The number of rotatable bonds is 4. The minimum atomic E-state index is -0.231. The van der Waals surface area contributed by atoms with Crippen LogP contribution in [-0.4, -0.2) is 10.9 Å². The number of hydrogen-bond acceptors (Lipinski definition) is 2. The van der Waals surface area contributed by atoms with Crippen LogP contribution in [0.1, 0.15) is 49.7 Å². The van der Waals surface area contributed by atoms with Crippen LogP contribution >= 0.6 is 0 Å². The molecule has 30 heavy (non-hydrogen) atoms. The second-order valence-electron chi connectivity index (χ2n) is 8.17. The molecule has 1 aromatic heterocycles. The van der Waals surface area contributed by atoms with E-state index in [2.05, 4.69) is 16.2 Å². The SMILES string of the molecule is C#Cc1ccc(NC(=O)[C@H](C)[C@H]2CC[C@@H](c3ccnc4ccc(F)cc43)CC2)cc1. The molecule has 1 saturated carbocycles. The third-order valence-electron chi connectivity index (χ3n) is 6.39. The van der Waals surface area contributed by atoms with Crippen molar-refractivity contribution < 1.29 is 9.18 Å². The summed E-state index contributed by atoms with van der Waals surface area (Å²) in [7, 11) is 0. The second kappa shape index (κ2) is 8.67. The highest BCUT2D eigenvalue weighted by atomic mass is 19.1. The summed E-state index contributed by atoms with van der Waals surface area (Å²) in [5.41, 5.74) is 3.57. The van der Waals surface area contributed by atoms with Crippen LogP contribution in [0.3, 0.4) is 0 Å². The average molecular weight is 400 g/mol. The van der Waals surface area contributed by atoms with E-state index in [1.807, 2.05) is 43.5 Å². The smallest absolute Gasteiger partial charge is 0.227 e. The van der Waals surface area contributed by atoms with E-state index >= 15 is 0 Å². The predicted molar refractivity (Wildman–Crippen MR) is 119 cm³/mol. The van der Waals surface area contributed by atoms with Gasteiger partial charge in [0.25, 0.3) is 0 Å². The van der Waals surface area contributed by atoms with Gasteiger partial charge in [-0.3, -0.25) is 9.78 Å². The van der Waals surface area contributed by atoms with Gasteiger partial charge in [-0.1, -0.05) is 12.8 Å². The Bertz CT molecular complexity index is 1090. The largest absolute Gasteiger partial charge is 0.326 e. The molecule has 4 rings (SSSR count). The van der Waals surface area contributed by atoms with Crippen molar-refractivity contribution in [3.63, 3.8) is 0 Å². The first kappa shape index (κ1) is 20.1. The van der Waals surface area contributed by atoms with Crippen molar-refractivity contribution in [2.75, 3.05) is 5.32 Å². The Morgan fingerprint density at radius 1 is 1.13 bits per heavy atom. The van der Waals surface area contributed by atoms with Gasteiger partial charge in [-0.25, -0.2) is 4.39 Å². The highest BCUT2D eigenvalue weighted by Gasteiger charge is 2.30. The van der Waals surface area contributed by atoms with Crippen molar-refractivity contribution in [3.05, 3.63) is 71.7 Å². The number of pyridine rings is 1. The van der Waals surface area contributed by atoms with Gasteiger partial charge < -0.3 is 5.32 Å². The molecule has 1 N–H and O–H groups in total. The Labute approximate surface area is 176 Å². The van der Waals surface area contributed by atoms with Gasteiger partial charge in [-0.15, -0.1) is 6.42 Å². The van der Waals surface area contributed by atoms with E-state index in [0.29, 0.717) is 11.8 Å². The van der Waals surface area contributed by atoms with Gasteiger partial charge in [0.2, 0.25) is 5.91 Å². The van der Waals surface area contributed by atoms with Gasteiger partial charge >= 0.3 is 0 Å². The lowest BCUT2D eigenvalue weighted by Gasteiger charge is -2.32. The molecule has 1 aliphatic rings. The molecule has 1 amide bonds. The second-order valence-corrected chi connectivity index (χ2v) is 8.17. The highest BCUT2D eigenvalue weighted by Crippen LogP contribution is 2.41. The number of nitrogens with one attached hydrogen (secondary N) is 1. The van der Waals surface area contributed by atoms with E-state index in [4.69, 9.17) is 6.42 Å². The molecular weight excluding hydrogens is 375 g/mol. The van der Waals surface area contributed by atoms with Crippen LogP contribution in [0.15, 0.2) is 54.7 Å². The van der Waals surface area contributed by atoms with Crippen molar-refractivity contribution in [1.29, 1.82) is 0 Å². The maximum absolute atomic E-state index is 13.8. The van der Waals surface area contributed by atoms with E-state index in [-0.39, 0.29) is 17.6 Å². The van der Waals surface area contributed by atoms with E-state index in [1.165, 1.54) is 11.6 Å². The van der Waals surface area contributed by atoms with Gasteiger partial charge in [0, 0.05) is 28.8 Å². The molecule has 2 aromatic carbocycles. The number of benzene rings is 2. The van der Waals surface area contributed by atoms with Crippen LogP contribution in [0.2, 0.25) is 0 Å². The van der Waals surface area contributed by atoms with Gasteiger partial charge in [-0.2, -0.15) is 0 Å². The number of amides is 1. The molecule has 0 saturated heterocycles. The van der Waals surface area contributed by atoms with Crippen molar-refractivity contribution in [1.82, 2.24) is 4.98 Å². The molecule has 0 unspecified atom stereocenters. The summed E-state index contributed by atoms with van der Waals surface area (Å²) in [6, 6.07) is 14.1. The zero-order valence-electron chi connectivity index (χ0n) is 17.1. The van der Waals surface area contributed by atoms with Gasteiger partial charge in [0.1, 0.15) is 5.82 Å².